The van der Waals surface area contributed by atoms with Gasteiger partial charge in [-0.2, -0.15) is 0 Å². The van der Waals surface area contributed by atoms with E-state index in [1.54, 1.807) is 44.2 Å². The molecule has 0 fully saturated rings. The second-order valence-corrected chi connectivity index (χ2v) is 8.50. The van der Waals surface area contributed by atoms with Gasteiger partial charge in [-0.3, -0.25) is 10.1 Å². The number of carbonyl (C=O) groups is 2. The smallest absolute Gasteiger partial charge is 0.337 e. The summed E-state index contributed by atoms with van der Waals surface area (Å²) in [5.74, 6) is -2.35. The molecule has 10 nitrogen and oxygen atoms in total. The van der Waals surface area contributed by atoms with E-state index in [-0.39, 0.29) is 29.7 Å². The predicted octanol–water partition coefficient (Wildman–Crippen LogP) is 4.93. The number of nitro benzene ring substituents is 1. The number of hydrogen-bond donors (Lipinski definition) is 2. The second-order valence-electron chi connectivity index (χ2n) is 8.50. The molecular formula is C28H30N2O8. The fourth-order valence-electron chi connectivity index (χ4n) is 4.20. The van der Waals surface area contributed by atoms with Gasteiger partial charge >= 0.3 is 11.9 Å². The summed E-state index contributed by atoms with van der Waals surface area (Å²) in [6.45, 7) is 7.39. The van der Waals surface area contributed by atoms with Gasteiger partial charge in [0.2, 0.25) is 0 Å². The van der Waals surface area contributed by atoms with Crippen LogP contribution in [0.25, 0.3) is 6.08 Å². The van der Waals surface area contributed by atoms with Crippen molar-refractivity contribution in [3.05, 3.63) is 98.4 Å². The second kappa shape index (κ2) is 12.7. The maximum absolute atomic E-state index is 13.2. The highest BCUT2D eigenvalue weighted by Gasteiger charge is 2.37. The van der Waals surface area contributed by atoms with Crippen LogP contribution in [0.2, 0.25) is 0 Å². The van der Waals surface area contributed by atoms with Crippen molar-refractivity contribution in [3.8, 4) is 5.75 Å². The van der Waals surface area contributed by atoms with Crippen LogP contribution >= 0.6 is 0 Å². The van der Waals surface area contributed by atoms with E-state index >= 15 is 0 Å². The van der Waals surface area contributed by atoms with Crippen LogP contribution in [-0.2, 0) is 19.1 Å². The Morgan fingerprint density at radius 2 is 1.82 bits per heavy atom. The quantitative estimate of drug-likeness (QED) is 0.182. The fourth-order valence-corrected chi connectivity index (χ4v) is 4.20. The minimum Gasteiger partial charge on any atom is -0.478 e. The summed E-state index contributed by atoms with van der Waals surface area (Å²) in [4.78, 5) is 36.1. The van der Waals surface area contributed by atoms with Crippen LogP contribution in [0.5, 0.6) is 5.75 Å². The number of nitro groups is 1. The van der Waals surface area contributed by atoms with Crippen LogP contribution in [0.3, 0.4) is 0 Å². The third kappa shape index (κ3) is 6.86. The highest BCUT2D eigenvalue weighted by molar-refractivity contribution is 5.99. The van der Waals surface area contributed by atoms with Gasteiger partial charge in [0.1, 0.15) is 12.4 Å². The molecule has 2 aromatic carbocycles. The number of hydrogen-bond acceptors (Lipinski definition) is 8. The molecule has 0 aliphatic carbocycles. The number of rotatable bonds is 11. The number of nitrogens with one attached hydrogen (secondary N) is 1. The van der Waals surface area contributed by atoms with Gasteiger partial charge in [-0.1, -0.05) is 30.3 Å². The minimum atomic E-state index is -1.24. The number of benzene rings is 2. The van der Waals surface area contributed by atoms with Crippen LogP contribution < -0.4 is 10.1 Å². The Morgan fingerprint density at radius 3 is 2.45 bits per heavy atom. The van der Waals surface area contributed by atoms with Crippen LogP contribution in [0.15, 0.2) is 77.1 Å². The Morgan fingerprint density at radius 1 is 1.13 bits per heavy atom. The van der Waals surface area contributed by atoms with Crippen molar-refractivity contribution in [3.63, 3.8) is 0 Å². The van der Waals surface area contributed by atoms with Gasteiger partial charge in [0.05, 0.1) is 22.0 Å². The summed E-state index contributed by atoms with van der Waals surface area (Å²) in [5.41, 5.74) is 1.70. The van der Waals surface area contributed by atoms with E-state index in [2.05, 4.69) is 5.32 Å². The van der Waals surface area contributed by atoms with E-state index in [9.17, 15) is 24.8 Å². The normalized spacial score (nSPS) is 16.3. The standard InChI is InChI=1S/C28H30N2O8/c1-5-36-19(4)38-23-13-11-20(12-14-23)8-7-15-37-28(33)25-18(3)29-17(2)24(27(31)32)26(25)21-9-6-10-22(16-21)30(34)35/h6-14,16,19,26,29H,5,15H2,1-4H3,(H,31,32). The number of aliphatic carboxylic acids is 1. The first kappa shape index (κ1) is 28.1. The van der Waals surface area contributed by atoms with Crippen LogP contribution in [0.1, 0.15) is 44.7 Å². The van der Waals surface area contributed by atoms with Crippen molar-refractivity contribution in [1.82, 2.24) is 5.32 Å². The first-order valence-corrected chi connectivity index (χ1v) is 12.0. The van der Waals surface area contributed by atoms with E-state index in [0.717, 1.165) is 5.56 Å². The Kier molecular flexibility index (Phi) is 9.39. The van der Waals surface area contributed by atoms with E-state index < -0.39 is 22.8 Å². The Balaban J connectivity index is 1.76. The molecule has 2 aromatic rings. The van der Waals surface area contributed by atoms with Gasteiger partial charge in [0, 0.05) is 30.1 Å². The molecule has 200 valence electrons. The van der Waals surface area contributed by atoms with Crippen molar-refractivity contribution in [2.45, 2.75) is 39.9 Å². The number of ether oxygens (including phenoxy) is 3. The van der Waals surface area contributed by atoms with Gasteiger partial charge in [-0.25, -0.2) is 9.59 Å². The maximum Gasteiger partial charge on any atom is 0.337 e. The zero-order valence-electron chi connectivity index (χ0n) is 21.6. The average molecular weight is 523 g/mol. The lowest BCUT2D eigenvalue weighted by Crippen LogP contribution is -2.31. The molecule has 1 aliphatic rings. The number of esters is 1. The van der Waals surface area contributed by atoms with Crippen LogP contribution in [0, 0.1) is 10.1 Å². The first-order valence-electron chi connectivity index (χ1n) is 12.0. The molecular weight excluding hydrogens is 492 g/mol. The SMILES string of the molecule is CCOC(C)Oc1ccc(C=CCOC(=O)C2=C(C)NC(C)=C(C(=O)O)C2c2cccc([N+](=O)[O-])c2)cc1. The monoisotopic (exact) mass is 522 g/mol. The molecule has 0 bridgehead atoms. The molecule has 0 aromatic heterocycles. The summed E-state index contributed by atoms with van der Waals surface area (Å²) in [7, 11) is 0. The van der Waals surface area contributed by atoms with Crippen molar-refractivity contribution in [2.24, 2.45) is 0 Å². The number of carbonyl (C=O) groups excluding carboxylic acids is 1. The molecule has 3 rings (SSSR count). The topological polar surface area (TPSA) is 137 Å². The molecule has 0 saturated carbocycles. The van der Waals surface area contributed by atoms with Gasteiger partial charge in [0.15, 0.2) is 6.29 Å². The molecule has 0 saturated heterocycles. The summed E-state index contributed by atoms with van der Waals surface area (Å²) < 4.78 is 16.4. The Labute approximate surface area is 220 Å². The zero-order chi connectivity index (χ0) is 27.8. The lowest BCUT2D eigenvalue weighted by molar-refractivity contribution is -0.384. The molecule has 2 unspecified atom stereocenters. The zero-order valence-corrected chi connectivity index (χ0v) is 21.6. The average Bonchev–Trinajstić information content (AvgIpc) is 2.87. The van der Waals surface area contributed by atoms with Crippen molar-refractivity contribution >= 4 is 23.7 Å². The number of dihydropyridines is 1. The fraction of sp³-hybridized carbons (Fsp3) is 0.286. The largest absolute Gasteiger partial charge is 0.478 e. The minimum absolute atomic E-state index is 0.0675. The summed E-state index contributed by atoms with van der Waals surface area (Å²) >= 11 is 0. The molecule has 2 atom stereocenters. The van der Waals surface area contributed by atoms with Crippen LogP contribution in [0.4, 0.5) is 5.69 Å². The molecule has 2 N–H and O–H groups in total. The highest BCUT2D eigenvalue weighted by atomic mass is 16.7. The van der Waals surface area contributed by atoms with E-state index in [1.807, 2.05) is 26.0 Å². The number of carboxylic acid groups (broad SMARTS) is 1. The molecule has 38 heavy (non-hydrogen) atoms. The van der Waals surface area contributed by atoms with E-state index in [0.29, 0.717) is 29.3 Å². The van der Waals surface area contributed by atoms with E-state index in [4.69, 9.17) is 14.2 Å². The third-order valence-corrected chi connectivity index (χ3v) is 5.83. The van der Waals surface area contributed by atoms with Crippen LogP contribution in [-0.4, -0.2) is 41.5 Å². The number of carboxylic acids is 1. The van der Waals surface area contributed by atoms with Crippen molar-refractivity contribution in [1.29, 1.82) is 0 Å². The molecule has 10 heteroatoms. The molecule has 1 heterocycles. The number of nitrogens with zero attached hydrogens (tertiary/aromatic N) is 1. The Hall–Kier alpha value is -4.44. The maximum atomic E-state index is 13.2. The third-order valence-electron chi connectivity index (χ3n) is 5.83. The summed E-state index contributed by atoms with van der Waals surface area (Å²) in [6.07, 6.45) is 3.07. The molecule has 0 spiro atoms. The van der Waals surface area contributed by atoms with Gasteiger partial charge in [-0.15, -0.1) is 0 Å². The Bertz CT molecular complexity index is 1290. The summed E-state index contributed by atoms with van der Waals surface area (Å²) in [6, 6.07) is 12.9. The lowest BCUT2D eigenvalue weighted by atomic mass is 9.80. The van der Waals surface area contributed by atoms with Crippen molar-refractivity contribution < 1.29 is 33.8 Å². The molecule has 0 radical (unpaired) electrons. The lowest BCUT2D eigenvalue weighted by Gasteiger charge is -2.29. The highest BCUT2D eigenvalue weighted by Crippen LogP contribution is 2.39. The van der Waals surface area contributed by atoms with Gasteiger partial charge in [-0.05, 0) is 57.0 Å². The predicted molar refractivity (Wildman–Crippen MR) is 140 cm³/mol. The number of non-ortho nitro benzene ring substituents is 1. The molecule has 1 aliphatic heterocycles. The van der Waals surface area contributed by atoms with E-state index in [1.165, 1.54) is 18.2 Å². The van der Waals surface area contributed by atoms with Gasteiger partial charge < -0.3 is 24.6 Å². The summed E-state index contributed by atoms with van der Waals surface area (Å²) in [5, 5.41) is 24.2. The molecule has 0 amide bonds. The first-order chi connectivity index (χ1) is 18.1. The number of allylic oxidation sites excluding steroid dienone is 2. The van der Waals surface area contributed by atoms with Gasteiger partial charge in [0.25, 0.3) is 5.69 Å². The van der Waals surface area contributed by atoms with Crippen molar-refractivity contribution in [2.75, 3.05) is 13.2 Å².